The Kier molecular flexibility index (Phi) is 4.04. The first-order chi connectivity index (χ1) is 8.82. The van der Waals surface area contributed by atoms with E-state index in [0.29, 0.717) is 0 Å². The van der Waals surface area contributed by atoms with Crippen LogP contribution in [0, 0.1) is 5.41 Å². The Morgan fingerprint density at radius 3 is 2.05 bits per heavy atom. The minimum absolute atomic E-state index is 0.433. The number of nitrogens with zero attached hydrogens (tertiary/aromatic N) is 1. The van der Waals surface area contributed by atoms with E-state index < -0.39 is 48.0 Å². The van der Waals surface area contributed by atoms with Gasteiger partial charge in [0.15, 0.2) is 5.41 Å². The summed E-state index contributed by atoms with van der Waals surface area (Å²) in [6.45, 7) is 7.66. The van der Waals surface area contributed by atoms with Crippen molar-refractivity contribution in [3.8, 4) is 0 Å². The molecule has 0 aliphatic heterocycles. The Bertz CT molecular complexity index is 417. The van der Waals surface area contributed by atoms with Crippen LogP contribution < -0.4 is 0 Å². The van der Waals surface area contributed by atoms with Crippen LogP contribution in [0.3, 0.4) is 0 Å². The van der Waals surface area contributed by atoms with Gasteiger partial charge in [0.25, 0.3) is 5.92 Å². The Hall–Kier alpha value is -1.40. The van der Waals surface area contributed by atoms with Crippen LogP contribution in [-0.2, 0) is 9.53 Å². The fraction of sp³-hybridized carbons (Fsp3) is 0.846. The van der Waals surface area contributed by atoms with E-state index in [1.165, 1.54) is 0 Å². The van der Waals surface area contributed by atoms with Crippen LogP contribution in [0.4, 0.5) is 13.6 Å². The molecule has 0 saturated heterocycles. The minimum Gasteiger partial charge on any atom is -0.481 e. The van der Waals surface area contributed by atoms with Gasteiger partial charge in [0.05, 0.1) is 0 Å². The highest BCUT2D eigenvalue weighted by molar-refractivity contribution is 5.82. The summed E-state index contributed by atoms with van der Waals surface area (Å²) in [6.07, 6.45) is -1.53. The molecule has 20 heavy (non-hydrogen) atoms. The molecule has 0 radical (unpaired) electrons. The molecule has 1 amide bonds. The molecule has 7 heteroatoms. The van der Waals surface area contributed by atoms with Gasteiger partial charge in [-0.1, -0.05) is 0 Å². The second kappa shape index (κ2) is 4.86. The van der Waals surface area contributed by atoms with Crippen molar-refractivity contribution in [2.24, 2.45) is 5.41 Å². The van der Waals surface area contributed by atoms with Gasteiger partial charge in [-0.25, -0.2) is 13.6 Å². The lowest BCUT2D eigenvalue weighted by molar-refractivity contribution is -0.148. The molecule has 1 rings (SSSR count). The molecule has 1 N–H and O–H groups in total. The maximum Gasteiger partial charge on any atom is 0.410 e. The largest absolute Gasteiger partial charge is 0.481 e. The van der Waals surface area contributed by atoms with Crippen molar-refractivity contribution in [1.29, 1.82) is 0 Å². The van der Waals surface area contributed by atoms with Gasteiger partial charge in [0.2, 0.25) is 0 Å². The normalized spacial score (nSPS) is 24.4. The number of rotatable bonds is 4. The zero-order valence-corrected chi connectivity index (χ0v) is 12.4. The van der Waals surface area contributed by atoms with E-state index in [4.69, 9.17) is 9.84 Å². The van der Waals surface area contributed by atoms with Gasteiger partial charge in [-0.3, -0.25) is 4.79 Å². The van der Waals surface area contributed by atoms with E-state index in [-0.39, 0.29) is 0 Å². The molecule has 1 fully saturated rings. The van der Waals surface area contributed by atoms with Crippen LogP contribution in [0.25, 0.3) is 0 Å². The molecule has 0 heterocycles. The maximum atomic E-state index is 13.4. The quantitative estimate of drug-likeness (QED) is 0.865. The predicted molar refractivity (Wildman–Crippen MR) is 67.7 cm³/mol. The first kappa shape index (κ1) is 16.7. The summed E-state index contributed by atoms with van der Waals surface area (Å²) < 4.78 is 31.9. The molecule has 1 saturated carbocycles. The number of alkyl halides is 2. The minimum atomic E-state index is -3.28. The molecular formula is C13H21F2NO4. The molecule has 1 aliphatic carbocycles. The van der Waals surface area contributed by atoms with Crippen molar-refractivity contribution in [2.75, 3.05) is 6.54 Å². The lowest BCUT2D eigenvalue weighted by Gasteiger charge is -2.31. The summed E-state index contributed by atoms with van der Waals surface area (Å²) >= 11 is 0. The second-order valence-corrected chi connectivity index (χ2v) is 6.47. The third-order valence-electron chi connectivity index (χ3n) is 3.20. The van der Waals surface area contributed by atoms with Gasteiger partial charge < -0.3 is 14.7 Å². The van der Waals surface area contributed by atoms with Crippen LogP contribution in [-0.4, -0.2) is 46.2 Å². The number of carboxylic acids is 1. The first-order valence-corrected chi connectivity index (χ1v) is 6.43. The number of carbonyl (C=O) groups excluding carboxylic acids is 1. The Balaban J connectivity index is 2.89. The van der Waals surface area contributed by atoms with E-state index in [1.54, 1.807) is 34.6 Å². The summed E-state index contributed by atoms with van der Waals surface area (Å²) in [5.74, 6) is -4.87. The van der Waals surface area contributed by atoms with E-state index in [1.807, 2.05) is 0 Å². The monoisotopic (exact) mass is 293 g/mol. The van der Waals surface area contributed by atoms with Gasteiger partial charge in [-0.15, -0.1) is 0 Å². The average Bonchev–Trinajstić information content (AvgIpc) is 2.75. The molecule has 0 aromatic heterocycles. The number of carboxylic acid groups (broad SMARTS) is 1. The highest BCUT2D eigenvalue weighted by Gasteiger charge is 2.77. The molecule has 0 spiro atoms. The number of ether oxygens (including phenoxy) is 1. The lowest BCUT2D eigenvalue weighted by atomic mass is 10.1. The molecule has 0 aromatic carbocycles. The third-order valence-corrected chi connectivity index (χ3v) is 3.20. The van der Waals surface area contributed by atoms with Crippen LogP contribution >= 0.6 is 0 Å². The van der Waals surface area contributed by atoms with Crippen LogP contribution in [0.5, 0.6) is 0 Å². The zero-order chi connectivity index (χ0) is 15.9. The first-order valence-electron chi connectivity index (χ1n) is 6.43. The Labute approximate surface area is 116 Å². The molecular weight excluding hydrogens is 272 g/mol. The average molecular weight is 293 g/mol. The van der Waals surface area contributed by atoms with Gasteiger partial charge in [0, 0.05) is 19.0 Å². The van der Waals surface area contributed by atoms with E-state index >= 15 is 0 Å². The van der Waals surface area contributed by atoms with Crippen molar-refractivity contribution in [3.05, 3.63) is 0 Å². The van der Waals surface area contributed by atoms with E-state index in [0.717, 1.165) is 4.90 Å². The summed E-state index contributed by atoms with van der Waals surface area (Å²) in [7, 11) is 0. The van der Waals surface area contributed by atoms with Crippen molar-refractivity contribution in [2.45, 2.75) is 58.6 Å². The molecule has 0 aromatic rings. The summed E-state index contributed by atoms with van der Waals surface area (Å²) in [6, 6.07) is -0.433. The van der Waals surface area contributed by atoms with Crippen molar-refractivity contribution < 1.29 is 28.2 Å². The van der Waals surface area contributed by atoms with E-state index in [9.17, 15) is 18.4 Å². The number of hydrogen-bond donors (Lipinski definition) is 1. The zero-order valence-electron chi connectivity index (χ0n) is 12.4. The number of halogens is 2. The topological polar surface area (TPSA) is 66.8 Å². The van der Waals surface area contributed by atoms with Crippen molar-refractivity contribution in [1.82, 2.24) is 4.90 Å². The molecule has 0 bridgehead atoms. The SMILES string of the molecule is CC(C)N(CC1(C(=O)O)CC1(F)F)C(=O)OC(C)(C)C. The summed E-state index contributed by atoms with van der Waals surface area (Å²) in [4.78, 5) is 24.2. The molecule has 116 valence electrons. The van der Waals surface area contributed by atoms with Crippen LogP contribution in [0.1, 0.15) is 41.0 Å². The molecule has 1 atom stereocenters. The molecule has 1 unspecified atom stereocenters. The van der Waals surface area contributed by atoms with E-state index in [2.05, 4.69) is 0 Å². The fourth-order valence-corrected chi connectivity index (χ4v) is 1.88. The van der Waals surface area contributed by atoms with Gasteiger partial charge >= 0.3 is 12.1 Å². The second-order valence-electron chi connectivity index (χ2n) is 6.47. The van der Waals surface area contributed by atoms with Crippen molar-refractivity contribution >= 4 is 12.1 Å². The maximum absolute atomic E-state index is 13.4. The molecule has 5 nitrogen and oxygen atoms in total. The van der Waals surface area contributed by atoms with Crippen molar-refractivity contribution in [3.63, 3.8) is 0 Å². The summed E-state index contributed by atoms with van der Waals surface area (Å²) in [5.41, 5.74) is -2.96. The van der Waals surface area contributed by atoms with Gasteiger partial charge in [-0.2, -0.15) is 0 Å². The smallest absolute Gasteiger partial charge is 0.410 e. The Morgan fingerprint density at radius 2 is 1.80 bits per heavy atom. The predicted octanol–water partition coefficient (Wildman–Crippen LogP) is 2.74. The Morgan fingerprint density at radius 1 is 1.35 bits per heavy atom. The van der Waals surface area contributed by atoms with Crippen LogP contribution in [0.2, 0.25) is 0 Å². The number of hydrogen-bond acceptors (Lipinski definition) is 3. The number of carbonyl (C=O) groups is 2. The van der Waals surface area contributed by atoms with Crippen LogP contribution in [0.15, 0.2) is 0 Å². The standard InChI is InChI=1S/C13H21F2NO4/c1-8(2)16(10(19)20-11(3,4)5)7-12(9(17)18)6-13(12,14)15/h8H,6-7H2,1-5H3,(H,17,18). The van der Waals surface area contributed by atoms with Gasteiger partial charge in [-0.05, 0) is 34.6 Å². The van der Waals surface area contributed by atoms with Gasteiger partial charge in [0.1, 0.15) is 5.60 Å². The highest BCUT2D eigenvalue weighted by Crippen LogP contribution is 2.61. The lowest BCUT2D eigenvalue weighted by Crippen LogP contribution is -2.46. The number of aliphatic carboxylic acids is 1. The number of amides is 1. The summed E-state index contributed by atoms with van der Waals surface area (Å²) in [5, 5.41) is 9.03. The third kappa shape index (κ3) is 3.19. The highest BCUT2D eigenvalue weighted by atomic mass is 19.3. The fourth-order valence-electron chi connectivity index (χ4n) is 1.88. The molecule has 1 aliphatic rings.